The molecule has 0 radical (unpaired) electrons. The summed E-state index contributed by atoms with van der Waals surface area (Å²) in [7, 11) is -3.48. The molecule has 3 aromatic rings. The lowest BCUT2D eigenvalue weighted by Crippen LogP contribution is -2.41. The maximum Gasteiger partial charge on any atom is 0.236 e. The molecular weight excluding hydrogens is 524 g/mol. The van der Waals surface area contributed by atoms with Gasteiger partial charge in [-0.3, -0.25) is 0 Å². The Balaban J connectivity index is 1.17. The average Bonchev–Trinajstić information content (AvgIpc) is 3.65. The summed E-state index contributed by atoms with van der Waals surface area (Å²) in [5, 5.41) is 8.51. The van der Waals surface area contributed by atoms with Crippen molar-refractivity contribution >= 4 is 39.0 Å². The van der Waals surface area contributed by atoms with Crippen LogP contribution in [0.25, 0.3) is 17.2 Å². The van der Waals surface area contributed by atoms with Crippen LogP contribution in [-0.2, 0) is 10.0 Å². The fourth-order valence-corrected chi connectivity index (χ4v) is 7.46. The van der Waals surface area contributed by atoms with E-state index in [1.54, 1.807) is 10.4 Å². The van der Waals surface area contributed by atoms with Crippen LogP contribution in [0, 0.1) is 0 Å². The van der Waals surface area contributed by atoms with E-state index in [4.69, 9.17) is 20.7 Å². The lowest BCUT2D eigenvalue weighted by Gasteiger charge is -2.31. The number of nitrogens with one attached hydrogen (secondary N) is 2. The molecule has 0 atom stereocenters. The van der Waals surface area contributed by atoms with Crippen molar-refractivity contribution in [1.82, 2.24) is 23.8 Å². The molecule has 1 aliphatic heterocycles. The Kier molecular flexibility index (Phi) is 8.04. The maximum absolute atomic E-state index is 13.0. The van der Waals surface area contributed by atoms with Crippen molar-refractivity contribution < 1.29 is 8.42 Å². The number of imidazole rings is 1. The summed E-state index contributed by atoms with van der Waals surface area (Å²) in [4.78, 5) is 14.6. The zero-order valence-corrected chi connectivity index (χ0v) is 23.8. The zero-order chi connectivity index (χ0) is 27.5. The van der Waals surface area contributed by atoms with Gasteiger partial charge in [0.2, 0.25) is 16.0 Å². The first-order valence-corrected chi connectivity index (χ1v) is 16.2. The van der Waals surface area contributed by atoms with Crippen molar-refractivity contribution in [2.24, 2.45) is 5.73 Å². The Bertz CT molecular complexity index is 1420. The predicted molar refractivity (Wildman–Crippen MR) is 159 cm³/mol. The monoisotopic (exact) mass is 564 g/mol. The van der Waals surface area contributed by atoms with E-state index in [2.05, 4.69) is 15.2 Å². The molecule has 2 aromatic heterocycles. The molecule has 3 heterocycles. The van der Waals surface area contributed by atoms with E-state index >= 15 is 0 Å². The van der Waals surface area contributed by atoms with Gasteiger partial charge in [0.1, 0.15) is 0 Å². The van der Waals surface area contributed by atoms with Crippen molar-refractivity contribution in [3.8, 4) is 0 Å². The van der Waals surface area contributed by atoms with Gasteiger partial charge in [-0.25, -0.2) is 13.4 Å². The highest BCUT2D eigenvalue weighted by atomic mass is 32.2. The van der Waals surface area contributed by atoms with Crippen LogP contribution in [0.1, 0.15) is 75.8 Å². The molecule has 1 saturated heterocycles. The van der Waals surface area contributed by atoms with Crippen molar-refractivity contribution in [2.75, 3.05) is 23.7 Å². The number of nitrogens with zero attached hydrogens (tertiary/aromatic N) is 5. The number of nitrogens with two attached hydrogens (primary N) is 1. The van der Waals surface area contributed by atoms with Crippen molar-refractivity contribution in [3.63, 3.8) is 0 Å². The van der Waals surface area contributed by atoms with Gasteiger partial charge in [0.05, 0.1) is 6.33 Å². The minimum Gasteiger partial charge on any atom is -0.365 e. The second kappa shape index (κ2) is 11.8. The minimum atomic E-state index is -3.48. The number of rotatable bonds is 8. The number of piperidine rings is 1. The molecule has 214 valence electrons. The molecule has 2 saturated carbocycles. The summed E-state index contributed by atoms with van der Waals surface area (Å²) >= 11 is 0. The van der Waals surface area contributed by atoms with Crippen LogP contribution in [0.4, 0.5) is 11.8 Å². The van der Waals surface area contributed by atoms with Crippen LogP contribution < -0.4 is 16.4 Å². The molecule has 0 amide bonds. The first kappa shape index (κ1) is 27.2. The van der Waals surface area contributed by atoms with Crippen LogP contribution in [-0.4, -0.2) is 63.5 Å². The van der Waals surface area contributed by atoms with Gasteiger partial charge in [0.25, 0.3) is 0 Å². The number of anilines is 2. The molecule has 3 fully saturated rings. The summed E-state index contributed by atoms with van der Waals surface area (Å²) in [6, 6.07) is 10.6. The number of hydrogen-bond donors (Lipinski definition) is 3. The molecule has 0 bridgehead atoms. The Morgan fingerprint density at radius 3 is 2.30 bits per heavy atom. The van der Waals surface area contributed by atoms with E-state index < -0.39 is 10.0 Å². The summed E-state index contributed by atoms with van der Waals surface area (Å²) in [6.45, 7) is 0.911. The topological polar surface area (TPSA) is 131 Å². The average molecular weight is 565 g/mol. The highest BCUT2D eigenvalue weighted by Crippen LogP contribution is 2.34. The van der Waals surface area contributed by atoms with E-state index in [-0.39, 0.29) is 12.1 Å². The van der Waals surface area contributed by atoms with Gasteiger partial charge < -0.3 is 20.9 Å². The summed E-state index contributed by atoms with van der Waals surface area (Å²) in [5.74, 6) is 1.35. The number of aromatic nitrogens is 4. The standard InChI is InChI=1S/C29H40N8O2S/c30-22-10-12-23(13-11-22)33-29-34-27(26-28(35-29)37(20-31-26)25-8-4-5-9-25)32-24-14-17-36(18-15-24)40(38,39)19-16-21-6-2-1-3-7-21/h1-3,6-7,16,19-20,22-25H,4-5,8-15,17-18,30H2,(H2,32,33,34,35)/b19-16+. The van der Waals surface area contributed by atoms with E-state index in [1.165, 1.54) is 18.2 Å². The lowest BCUT2D eigenvalue weighted by atomic mass is 9.92. The molecule has 10 nitrogen and oxygen atoms in total. The van der Waals surface area contributed by atoms with E-state index in [9.17, 15) is 8.42 Å². The summed E-state index contributed by atoms with van der Waals surface area (Å²) < 4.78 is 29.7. The van der Waals surface area contributed by atoms with Gasteiger partial charge in [-0.05, 0) is 63.0 Å². The van der Waals surface area contributed by atoms with E-state index in [0.717, 1.165) is 61.1 Å². The van der Waals surface area contributed by atoms with Crippen LogP contribution in [0.2, 0.25) is 0 Å². The van der Waals surface area contributed by atoms with Crippen LogP contribution in [0.5, 0.6) is 0 Å². The summed E-state index contributed by atoms with van der Waals surface area (Å²) in [5.41, 5.74) is 8.64. The van der Waals surface area contributed by atoms with Gasteiger partial charge in [0, 0.05) is 42.7 Å². The van der Waals surface area contributed by atoms with Crippen LogP contribution in [0.15, 0.2) is 42.1 Å². The van der Waals surface area contributed by atoms with E-state index in [0.29, 0.717) is 44.0 Å². The highest BCUT2D eigenvalue weighted by Gasteiger charge is 2.29. The second-order valence-electron chi connectivity index (χ2n) is 11.5. The first-order valence-electron chi connectivity index (χ1n) is 14.7. The second-order valence-corrected chi connectivity index (χ2v) is 13.3. The number of hydrogen-bond acceptors (Lipinski definition) is 8. The van der Waals surface area contributed by atoms with Crippen molar-refractivity contribution in [1.29, 1.82) is 0 Å². The minimum absolute atomic E-state index is 0.0970. The smallest absolute Gasteiger partial charge is 0.236 e. The maximum atomic E-state index is 13.0. The predicted octanol–water partition coefficient (Wildman–Crippen LogP) is 4.50. The van der Waals surface area contributed by atoms with Crippen molar-refractivity contribution in [2.45, 2.75) is 88.4 Å². The molecule has 40 heavy (non-hydrogen) atoms. The summed E-state index contributed by atoms with van der Waals surface area (Å²) in [6.07, 6.45) is 13.8. The third-order valence-corrected chi connectivity index (χ3v) is 10.2. The molecule has 0 spiro atoms. The van der Waals surface area contributed by atoms with E-state index in [1.807, 2.05) is 36.7 Å². The van der Waals surface area contributed by atoms with Gasteiger partial charge in [0.15, 0.2) is 17.0 Å². The molecule has 4 N–H and O–H groups in total. The number of sulfonamides is 1. The Morgan fingerprint density at radius 2 is 1.57 bits per heavy atom. The normalized spacial score (nSPS) is 23.7. The molecule has 3 aliphatic rings. The van der Waals surface area contributed by atoms with Crippen LogP contribution >= 0.6 is 0 Å². The molecule has 0 unspecified atom stereocenters. The zero-order valence-electron chi connectivity index (χ0n) is 23.0. The number of benzene rings is 1. The van der Waals surface area contributed by atoms with Crippen LogP contribution in [0.3, 0.4) is 0 Å². The first-order chi connectivity index (χ1) is 19.4. The fourth-order valence-electron chi connectivity index (χ4n) is 6.24. The fraction of sp³-hybridized carbons (Fsp3) is 0.552. The third-order valence-electron chi connectivity index (χ3n) is 8.63. The molecule has 11 heteroatoms. The number of fused-ring (bicyclic) bond motifs is 1. The SMILES string of the molecule is NC1CCC(Nc2nc(NC3CCN(S(=O)(=O)/C=C/c4ccccc4)CC3)c3ncn(C4CCCC4)c3n2)CC1. The molecule has 1 aromatic carbocycles. The third kappa shape index (κ3) is 6.16. The Labute approximate surface area is 236 Å². The van der Waals surface area contributed by atoms with Gasteiger partial charge >= 0.3 is 0 Å². The molecule has 2 aliphatic carbocycles. The quantitative estimate of drug-likeness (QED) is 0.365. The van der Waals surface area contributed by atoms with Gasteiger partial charge in [-0.1, -0.05) is 43.2 Å². The van der Waals surface area contributed by atoms with Gasteiger partial charge in [-0.15, -0.1) is 0 Å². The molecular formula is C29H40N8O2S. The lowest BCUT2D eigenvalue weighted by molar-refractivity contribution is 0.333. The largest absolute Gasteiger partial charge is 0.365 e. The van der Waals surface area contributed by atoms with Crippen molar-refractivity contribution in [3.05, 3.63) is 47.6 Å². The van der Waals surface area contributed by atoms with Gasteiger partial charge in [-0.2, -0.15) is 14.3 Å². The highest BCUT2D eigenvalue weighted by molar-refractivity contribution is 7.92. The molecule has 6 rings (SSSR count). The Hall–Kier alpha value is -3.02. The Morgan fingerprint density at radius 1 is 0.875 bits per heavy atom.